The van der Waals surface area contributed by atoms with Crippen LogP contribution in [0.15, 0.2) is 18.2 Å². The van der Waals surface area contributed by atoms with Gasteiger partial charge in [0.15, 0.2) is 0 Å². The SMILES string of the molecule is CCOC(=O)c1cc(NC(C)(C)CCC(=O)O)ccc1[N+](=O)[O-]. The summed E-state index contributed by atoms with van der Waals surface area (Å²) in [5.74, 6) is -1.68. The zero-order chi connectivity index (χ0) is 17.6. The van der Waals surface area contributed by atoms with Crippen LogP contribution in [-0.2, 0) is 9.53 Å². The normalized spacial score (nSPS) is 10.9. The van der Waals surface area contributed by atoms with Crippen molar-refractivity contribution in [3.63, 3.8) is 0 Å². The third kappa shape index (κ3) is 5.57. The maximum atomic E-state index is 11.9. The van der Waals surface area contributed by atoms with Gasteiger partial charge in [0.25, 0.3) is 5.69 Å². The molecule has 1 rings (SSSR count). The van der Waals surface area contributed by atoms with Gasteiger partial charge in [-0.3, -0.25) is 14.9 Å². The van der Waals surface area contributed by atoms with Crippen molar-refractivity contribution in [1.82, 2.24) is 0 Å². The number of esters is 1. The lowest BCUT2D eigenvalue weighted by Crippen LogP contribution is -2.31. The number of nitro groups is 1. The molecule has 0 bridgehead atoms. The number of nitro benzene ring substituents is 1. The molecule has 8 heteroatoms. The monoisotopic (exact) mass is 324 g/mol. The predicted octanol–water partition coefficient (Wildman–Crippen LogP) is 2.83. The number of aliphatic carboxylic acids is 1. The van der Waals surface area contributed by atoms with Crippen molar-refractivity contribution in [1.29, 1.82) is 0 Å². The molecule has 1 aromatic rings. The van der Waals surface area contributed by atoms with Gasteiger partial charge in [-0.05, 0) is 39.3 Å². The Hall–Kier alpha value is -2.64. The van der Waals surface area contributed by atoms with E-state index in [0.717, 1.165) is 0 Å². The Bertz CT molecular complexity index is 612. The first kappa shape index (κ1) is 18.4. The number of carbonyl (C=O) groups is 2. The fourth-order valence-electron chi connectivity index (χ4n) is 2.02. The molecule has 8 nitrogen and oxygen atoms in total. The van der Waals surface area contributed by atoms with E-state index in [2.05, 4.69) is 5.32 Å². The molecule has 0 unspecified atom stereocenters. The zero-order valence-electron chi connectivity index (χ0n) is 13.3. The van der Waals surface area contributed by atoms with E-state index >= 15 is 0 Å². The van der Waals surface area contributed by atoms with Crippen LogP contribution < -0.4 is 5.32 Å². The number of benzene rings is 1. The van der Waals surface area contributed by atoms with E-state index in [0.29, 0.717) is 12.1 Å². The topological polar surface area (TPSA) is 119 Å². The van der Waals surface area contributed by atoms with Crippen LogP contribution in [0.2, 0.25) is 0 Å². The van der Waals surface area contributed by atoms with E-state index in [4.69, 9.17) is 9.84 Å². The summed E-state index contributed by atoms with van der Waals surface area (Å²) < 4.78 is 4.83. The van der Waals surface area contributed by atoms with Crippen LogP contribution in [-0.4, -0.2) is 34.1 Å². The minimum Gasteiger partial charge on any atom is -0.481 e. The number of ether oxygens (including phenoxy) is 1. The summed E-state index contributed by atoms with van der Waals surface area (Å²) in [6, 6.07) is 4.05. The van der Waals surface area contributed by atoms with Crippen LogP contribution in [0, 0.1) is 10.1 Å². The smallest absolute Gasteiger partial charge is 0.345 e. The Morgan fingerprint density at radius 2 is 2.04 bits per heavy atom. The lowest BCUT2D eigenvalue weighted by Gasteiger charge is -2.27. The number of hydrogen-bond donors (Lipinski definition) is 2. The molecule has 0 aliphatic heterocycles. The summed E-state index contributed by atoms with van der Waals surface area (Å²) in [6.07, 6.45) is 0.339. The first-order chi connectivity index (χ1) is 10.7. The Balaban J connectivity index is 3.05. The first-order valence-electron chi connectivity index (χ1n) is 7.12. The molecule has 0 aliphatic carbocycles. The van der Waals surface area contributed by atoms with E-state index in [9.17, 15) is 19.7 Å². The van der Waals surface area contributed by atoms with Crippen molar-refractivity contribution in [2.24, 2.45) is 0 Å². The molecule has 1 aromatic carbocycles. The summed E-state index contributed by atoms with van der Waals surface area (Å²) >= 11 is 0. The van der Waals surface area contributed by atoms with Crippen LogP contribution in [0.3, 0.4) is 0 Å². The van der Waals surface area contributed by atoms with Crippen LogP contribution in [0.1, 0.15) is 44.0 Å². The van der Waals surface area contributed by atoms with Crippen molar-refractivity contribution in [3.8, 4) is 0 Å². The molecular formula is C15H20N2O6. The molecule has 126 valence electrons. The minimum absolute atomic E-state index is 0.0162. The van der Waals surface area contributed by atoms with Gasteiger partial charge in [-0.25, -0.2) is 4.79 Å². The molecule has 0 aromatic heterocycles. The number of rotatable bonds is 8. The van der Waals surface area contributed by atoms with Crippen molar-refractivity contribution in [3.05, 3.63) is 33.9 Å². The molecule has 0 saturated carbocycles. The molecule has 0 atom stereocenters. The van der Waals surface area contributed by atoms with E-state index in [-0.39, 0.29) is 24.3 Å². The van der Waals surface area contributed by atoms with Gasteiger partial charge in [0.2, 0.25) is 0 Å². The zero-order valence-corrected chi connectivity index (χ0v) is 13.3. The van der Waals surface area contributed by atoms with Gasteiger partial charge in [0.05, 0.1) is 11.5 Å². The number of hydrogen-bond acceptors (Lipinski definition) is 6. The third-order valence-electron chi connectivity index (χ3n) is 3.14. The molecule has 0 radical (unpaired) electrons. The highest BCUT2D eigenvalue weighted by Gasteiger charge is 2.24. The number of nitrogens with one attached hydrogen (secondary N) is 1. The van der Waals surface area contributed by atoms with E-state index in [1.54, 1.807) is 20.8 Å². The number of anilines is 1. The highest BCUT2D eigenvalue weighted by atomic mass is 16.6. The molecule has 0 aliphatic rings. The third-order valence-corrected chi connectivity index (χ3v) is 3.14. The molecule has 23 heavy (non-hydrogen) atoms. The van der Waals surface area contributed by atoms with Crippen molar-refractivity contribution in [2.75, 3.05) is 11.9 Å². The van der Waals surface area contributed by atoms with Crippen LogP contribution in [0.5, 0.6) is 0 Å². The summed E-state index contributed by atoms with van der Waals surface area (Å²) in [5, 5.41) is 22.9. The van der Waals surface area contributed by atoms with Crippen molar-refractivity contribution >= 4 is 23.3 Å². The van der Waals surface area contributed by atoms with Gasteiger partial charge in [-0.1, -0.05) is 0 Å². The van der Waals surface area contributed by atoms with Gasteiger partial charge < -0.3 is 15.2 Å². The number of carboxylic acid groups (broad SMARTS) is 1. The molecule has 0 spiro atoms. The molecule has 2 N–H and O–H groups in total. The maximum Gasteiger partial charge on any atom is 0.345 e. The second-order valence-electron chi connectivity index (χ2n) is 5.61. The minimum atomic E-state index is -0.907. The van der Waals surface area contributed by atoms with Crippen LogP contribution in [0.4, 0.5) is 11.4 Å². The van der Waals surface area contributed by atoms with Gasteiger partial charge in [-0.2, -0.15) is 0 Å². The van der Waals surface area contributed by atoms with Gasteiger partial charge in [-0.15, -0.1) is 0 Å². The lowest BCUT2D eigenvalue weighted by molar-refractivity contribution is -0.385. The van der Waals surface area contributed by atoms with Crippen molar-refractivity contribution < 1.29 is 24.4 Å². The van der Waals surface area contributed by atoms with E-state index < -0.39 is 22.4 Å². The second kappa shape index (κ2) is 7.57. The molecule has 0 fully saturated rings. The Morgan fingerprint density at radius 1 is 1.39 bits per heavy atom. The summed E-state index contributed by atoms with van der Waals surface area (Å²) in [6.45, 7) is 5.33. The van der Waals surface area contributed by atoms with Gasteiger partial charge >= 0.3 is 11.9 Å². The van der Waals surface area contributed by atoms with E-state index in [1.807, 2.05) is 0 Å². The quantitative estimate of drug-likeness (QED) is 0.428. The predicted molar refractivity (Wildman–Crippen MR) is 83.6 cm³/mol. The summed E-state index contributed by atoms with van der Waals surface area (Å²) in [7, 11) is 0. The maximum absolute atomic E-state index is 11.9. The van der Waals surface area contributed by atoms with Crippen molar-refractivity contribution in [2.45, 2.75) is 39.2 Å². The number of nitrogens with zero attached hydrogens (tertiary/aromatic N) is 1. The fraction of sp³-hybridized carbons (Fsp3) is 0.467. The molecule has 0 amide bonds. The Morgan fingerprint density at radius 3 is 2.57 bits per heavy atom. The summed E-state index contributed by atoms with van der Waals surface area (Å²) in [4.78, 5) is 32.9. The Kier molecular flexibility index (Phi) is 6.06. The number of carbonyl (C=O) groups excluding carboxylic acids is 1. The molecular weight excluding hydrogens is 304 g/mol. The van der Waals surface area contributed by atoms with E-state index in [1.165, 1.54) is 18.2 Å². The second-order valence-corrected chi connectivity index (χ2v) is 5.61. The highest BCUT2D eigenvalue weighted by molar-refractivity contribution is 5.95. The van der Waals surface area contributed by atoms with Crippen LogP contribution in [0.25, 0.3) is 0 Å². The molecule has 0 heterocycles. The number of carboxylic acids is 1. The fourth-order valence-corrected chi connectivity index (χ4v) is 2.02. The average molecular weight is 324 g/mol. The lowest BCUT2D eigenvalue weighted by atomic mass is 9.97. The Labute approximate surface area is 133 Å². The highest BCUT2D eigenvalue weighted by Crippen LogP contribution is 2.26. The standard InChI is InChI=1S/C15H20N2O6/c1-4-23-14(20)11-9-10(5-6-12(11)17(21)22)16-15(2,3)8-7-13(18)19/h5-6,9,16H,4,7-8H2,1-3H3,(H,18,19). The van der Waals surface area contributed by atoms with Gasteiger partial charge in [0.1, 0.15) is 5.56 Å². The summed E-state index contributed by atoms with van der Waals surface area (Å²) in [5.41, 5.74) is -0.553. The first-order valence-corrected chi connectivity index (χ1v) is 7.12. The molecule has 0 saturated heterocycles. The van der Waals surface area contributed by atoms with Gasteiger partial charge in [0, 0.05) is 23.7 Å². The largest absolute Gasteiger partial charge is 0.481 e. The van der Waals surface area contributed by atoms with Crippen LogP contribution >= 0.6 is 0 Å². The average Bonchev–Trinajstić information content (AvgIpc) is 2.45.